The van der Waals surface area contributed by atoms with Crippen LogP contribution < -0.4 is 0 Å². The van der Waals surface area contributed by atoms with Crippen molar-refractivity contribution in [1.29, 1.82) is 0 Å². The molecule has 1 heterocycles. The van der Waals surface area contributed by atoms with E-state index >= 15 is 0 Å². The first-order valence-corrected chi connectivity index (χ1v) is 8.39. The normalized spacial score (nSPS) is 17.7. The molecule has 0 N–H and O–H groups in total. The first-order chi connectivity index (χ1) is 11.0. The predicted molar refractivity (Wildman–Crippen MR) is 95.3 cm³/mol. The van der Waals surface area contributed by atoms with Crippen LogP contribution in [0.3, 0.4) is 0 Å². The van der Waals surface area contributed by atoms with Gasteiger partial charge in [-0.25, -0.2) is 0 Å². The molecule has 1 amide bonds. The third-order valence-corrected chi connectivity index (χ3v) is 4.73. The summed E-state index contributed by atoms with van der Waals surface area (Å²) in [6, 6.07) is 8.18. The first kappa shape index (κ1) is 17.7. The lowest BCUT2D eigenvalue weighted by atomic mass is 10.1. The van der Waals surface area contributed by atoms with Crippen LogP contribution in [0.1, 0.15) is 18.1 Å². The first-order valence-electron chi connectivity index (χ1n) is 8.39. The quantitative estimate of drug-likeness (QED) is 0.753. The molecular formula is C19H29N3O. The number of aryl methyl sites for hydroxylation is 1. The number of benzene rings is 1. The second kappa shape index (κ2) is 8.27. The number of hydrogen-bond acceptors (Lipinski definition) is 3. The lowest BCUT2D eigenvalue weighted by Gasteiger charge is -2.37. The third kappa shape index (κ3) is 4.66. The van der Waals surface area contributed by atoms with Gasteiger partial charge in [-0.1, -0.05) is 30.3 Å². The molecule has 1 aliphatic heterocycles. The van der Waals surface area contributed by atoms with E-state index in [1.807, 2.05) is 30.0 Å². The molecule has 0 aliphatic carbocycles. The molecule has 1 fully saturated rings. The SMILES string of the molecule is C=CCN(Cc1ccccc1C)C(=O)C(C)N1CCN(C)CC1. The maximum Gasteiger partial charge on any atom is 0.240 e. The lowest BCUT2D eigenvalue weighted by molar-refractivity contribution is -0.137. The molecule has 1 unspecified atom stereocenters. The second-order valence-electron chi connectivity index (χ2n) is 6.45. The van der Waals surface area contributed by atoms with E-state index in [0.717, 1.165) is 26.2 Å². The molecule has 0 bridgehead atoms. The highest BCUT2D eigenvalue weighted by Crippen LogP contribution is 2.14. The number of carbonyl (C=O) groups excluding carboxylic acids is 1. The molecule has 0 saturated carbocycles. The van der Waals surface area contributed by atoms with E-state index in [1.54, 1.807) is 0 Å². The van der Waals surface area contributed by atoms with Crippen molar-refractivity contribution in [3.63, 3.8) is 0 Å². The standard InChI is InChI=1S/C19H29N3O/c1-5-10-22(15-18-9-7-6-8-16(18)2)19(23)17(3)21-13-11-20(4)12-14-21/h5-9,17H,1,10-15H2,2-4H3. The van der Waals surface area contributed by atoms with Crippen molar-refractivity contribution in [3.8, 4) is 0 Å². The highest BCUT2D eigenvalue weighted by molar-refractivity contribution is 5.81. The number of hydrogen-bond donors (Lipinski definition) is 0. The van der Waals surface area contributed by atoms with Crippen molar-refractivity contribution in [1.82, 2.24) is 14.7 Å². The Kier molecular flexibility index (Phi) is 6.37. The van der Waals surface area contributed by atoms with Crippen molar-refractivity contribution >= 4 is 5.91 Å². The van der Waals surface area contributed by atoms with Crippen molar-refractivity contribution in [2.45, 2.75) is 26.4 Å². The van der Waals surface area contributed by atoms with Crippen LogP contribution in [0.4, 0.5) is 0 Å². The van der Waals surface area contributed by atoms with Gasteiger partial charge >= 0.3 is 0 Å². The Morgan fingerprint density at radius 2 is 1.96 bits per heavy atom. The van der Waals surface area contributed by atoms with Gasteiger partial charge in [-0.15, -0.1) is 6.58 Å². The van der Waals surface area contributed by atoms with E-state index in [0.29, 0.717) is 13.1 Å². The Bertz CT molecular complexity index is 535. The van der Waals surface area contributed by atoms with Crippen LogP contribution >= 0.6 is 0 Å². The summed E-state index contributed by atoms with van der Waals surface area (Å²) in [5, 5.41) is 0. The summed E-state index contributed by atoms with van der Waals surface area (Å²) in [4.78, 5) is 19.5. The largest absolute Gasteiger partial charge is 0.333 e. The van der Waals surface area contributed by atoms with E-state index in [-0.39, 0.29) is 11.9 Å². The average Bonchev–Trinajstić information content (AvgIpc) is 2.56. The smallest absolute Gasteiger partial charge is 0.240 e. The molecule has 0 spiro atoms. The van der Waals surface area contributed by atoms with E-state index in [1.165, 1.54) is 11.1 Å². The minimum Gasteiger partial charge on any atom is -0.333 e. The van der Waals surface area contributed by atoms with Crippen LogP contribution in [0.15, 0.2) is 36.9 Å². The molecule has 1 aromatic carbocycles. The Morgan fingerprint density at radius 1 is 1.30 bits per heavy atom. The summed E-state index contributed by atoms with van der Waals surface area (Å²) < 4.78 is 0. The molecular weight excluding hydrogens is 286 g/mol. The van der Waals surface area contributed by atoms with E-state index in [9.17, 15) is 4.79 Å². The van der Waals surface area contributed by atoms with Gasteiger partial charge in [0.1, 0.15) is 0 Å². The zero-order valence-electron chi connectivity index (χ0n) is 14.7. The second-order valence-corrected chi connectivity index (χ2v) is 6.45. The molecule has 4 nitrogen and oxygen atoms in total. The molecule has 0 aromatic heterocycles. The Balaban J connectivity index is 2.05. The highest BCUT2D eigenvalue weighted by atomic mass is 16.2. The average molecular weight is 315 g/mol. The maximum absolute atomic E-state index is 13.0. The summed E-state index contributed by atoms with van der Waals surface area (Å²) in [5.74, 6) is 0.192. The molecule has 126 valence electrons. The number of nitrogens with zero attached hydrogens (tertiary/aromatic N) is 3. The fourth-order valence-electron chi connectivity index (χ4n) is 3.01. The summed E-state index contributed by atoms with van der Waals surface area (Å²) in [7, 11) is 2.13. The molecule has 23 heavy (non-hydrogen) atoms. The van der Waals surface area contributed by atoms with Crippen LogP contribution in [0, 0.1) is 6.92 Å². The Labute approximate surface area is 140 Å². The van der Waals surface area contributed by atoms with Gasteiger partial charge in [0, 0.05) is 39.3 Å². The van der Waals surface area contributed by atoms with Crippen LogP contribution in [0.2, 0.25) is 0 Å². The lowest BCUT2D eigenvalue weighted by Crippen LogP contribution is -2.53. The van der Waals surface area contributed by atoms with E-state index < -0.39 is 0 Å². The van der Waals surface area contributed by atoms with E-state index in [2.05, 4.69) is 42.5 Å². The zero-order valence-corrected chi connectivity index (χ0v) is 14.7. The van der Waals surface area contributed by atoms with Crippen LogP contribution in [0.5, 0.6) is 0 Å². The zero-order chi connectivity index (χ0) is 16.8. The number of likely N-dealkylation sites (N-methyl/N-ethyl adjacent to an activating group) is 1. The van der Waals surface area contributed by atoms with Gasteiger partial charge in [-0.3, -0.25) is 9.69 Å². The summed E-state index contributed by atoms with van der Waals surface area (Å²) in [6.07, 6.45) is 1.81. The molecule has 1 atom stereocenters. The summed E-state index contributed by atoms with van der Waals surface area (Å²) in [5.41, 5.74) is 2.43. The third-order valence-electron chi connectivity index (χ3n) is 4.73. The monoisotopic (exact) mass is 315 g/mol. The molecule has 4 heteroatoms. The Hall–Kier alpha value is -1.65. The molecule has 1 aliphatic rings. The van der Waals surface area contributed by atoms with Gasteiger partial charge < -0.3 is 9.80 Å². The van der Waals surface area contributed by atoms with Gasteiger partial charge in [0.05, 0.1) is 6.04 Å². The van der Waals surface area contributed by atoms with Crippen molar-refractivity contribution < 1.29 is 4.79 Å². The van der Waals surface area contributed by atoms with Crippen LogP contribution in [-0.4, -0.2) is 66.4 Å². The van der Waals surface area contributed by atoms with Crippen LogP contribution in [0.25, 0.3) is 0 Å². The van der Waals surface area contributed by atoms with Gasteiger partial charge in [0.25, 0.3) is 0 Å². The molecule has 0 radical (unpaired) electrons. The summed E-state index contributed by atoms with van der Waals surface area (Å²) >= 11 is 0. The molecule has 1 aromatic rings. The van der Waals surface area contributed by atoms with Gasteiger partial charge in [0.2, 0.25) is 5.91 Å². The van der Waals surface area contributed by atoms with Crippen molar-refractivity contribution in [2.24, 2.45) is 0 Å². The predicted octanol–water partition coefficient (Wildman–Crippen LogP) is 2.15. The van der Waals surface area contributed by atoms with Crippen molar-refractivity contribution in [3.05, 3.63) is 48.0 Å². The minimum atomic E-state index is -0.0762. The molecule has 2 rings (SSSR count). The van der Waals surface area contributed by atoms with Crippen molar-refractivity contribution in [2.75, 3.05) is 39.8 Å². The summed E-state index contributed by atoms with van der Waals surface area (Å²) in [6.45, 7) is 13.1. The topological polar surface area (TPSA) is 26.8 Å². The highest BCUT2D eigenvalue weighted by Gasteiger charge is 2.27. The van der Waals surface area contributed by atoms with Gasteiger partial charge in [-0.05, 0) is 32.0 Å². The van der Waals surface area contributed by atoms with Gasteiger partial charge in [0.15, 0.2) is 0 Å². The Morgan fingerprint density at radius 3 is 2.57 bits per heavy atom. The maximum atomic E-state index is 13.0. The fourth-order valence-corrected chi connectivity index (χ4v) is 3.01. The van der Waals surface area contributed by atoms with Gasteiger partial charge in [-0.2, -0.15) is 0 Å². The minimum absolute atomic E-state index is 0.0762. The van der Waals surface area contributed by atoms with E-state index in [4.69, 9.17) is 0 Å². The molecule has 1 saturated heterocycles. The number of amides is 1. The number of rotatable bonds is 6. The number of piperazine rings is 1. The van der Waals surface area contributed by atoms with Crippen LogP contribution in [-0.2, 0) is 11.3 Å². The fraction of sp³-hybridized carbons (Fsp3) is 0.526. The number of carbonyl (C=O) groups is 1.